The molecule has 0 amide bonds. The topological polar surface area (TPSA) is 9.23 Å². The van der Waals surface area contributed by atoms with Crippen molar-refractivity contribution in [2.45, 2.75) is 39.7 Å². The zero-order valence-corrected chi connectivity index (χ0v) is 9.91. The van der Waals surface area contributed by atoms with Crippen molar-refractivity contribution in [3.8, 4) is 0 Å². The summed E-state index contributed by atoms with van der Waals surface area (Å²) < 4.78 is 5.73. The van der Waals surface area contributed by atoms with Gasteiger partial charge in [0.1, 0.15) is 0 Å². The lowest BCUT2D eigenvalue weighted by atomic mass is 10.0. The van der Waals surface area contributed by atoms with Crippen LogP contribution in [0.2, 0.25) is 0 Å². The van der Waals surface area contributed by atoms with E-state index in [0.717, 1.165) is 19.1 Å². The maximum absolute atomic E-state index is 5.73. The molecule has 1 rings (SSSR count). The molecule has 0 saturated carbocycles. The second kappa shape index (κ2) is 7.47. The molecule has 0 aliphatic heterocycles. The summed E-state index contributed by atoms with van der Waals surface area (Å²) in [5.41, 5.74) is 1.27. The zero-order chi connectivity index (χ0) is 10.9. The lowest BCUT2D eigenvalue weighted by Gasteiger charge is -2.13. The van der Waals surface area contributed by atoms with E-state index >= 15 is 0 Å². The van der Waals surface area contributed by atoms with Crippen LogP contribution >= 0.6 is 0 Å². The Morgan fingerprint density at radius 1 is 1.13 bits per heavy atom. The third-order valence-corrected chi connectivity index (χ3v) is 2.74. The third kappa shape index (κ3) is 4.98. The molecule has 1 aromatic rings. The fraction of sp³-hybridized carbons (Fsp3) is 0.571. The minimum atomic E-state index is 0.735. The molecule has 84 valence electrons. The van der Waals surface area contributed by atoms with E-state index in [4.69, 9.17) is 4.74 Å². The number of benzene rings is 1. The van der Waals surface area contributed by atoms with Gasteiger partial charge in [-0.2, -0.15) is 0 Å². The van der Waals surface area contributed by atoms with Crippen molar-refractivity contribution in [1.82, 2.24) is 0 Å². The second-order valence-corrected chi connectivity index (χ2v) is 4.06. The number of rotatable bonds is 7. The molecule has 1 heteroatoms. The lowest BCUT2D eigenvalue weighted by Crippen LogP contribution is -2.08. The van der Waals surface area contributed by atoms with Crippen molar-refractivity contribution < 1.29 is 4.74 Å². The van der Waals surface area contributed by atoms with Gasteiger partial charge in [-0.25, -0.2) is 0 Å². The quantitative estimate of drug-likeness (QED) is 0.654. The van der Waals surface area contributed by atoms with Crippen LogP contribution in [0.1, 0.15) is 38.7 Å². The molecule has 1 nitrogen and oxygen atoms in total. The summed E-state index contributed by atoms with van der Waals surface area (Å²) in [6.07, 6.45) is 3.77. The molecule has 0 fully saturated rings. The van der Waals surface area contributed by atoms with E-state index in [2.05, 4.69) is 38.1 Å². The van der Waals surface area contributed by atoms with E-state index in [-0.39, 0.29) is 0 Å². The van der Waals surface area contributed by atoms with Crippen LogP contribution in [-0.4, -0.2) is 6.61 Å². The molecule has 0 heterocycles. The van der Waals surface area contributed by atoms with Crippen LogP contribution < -0.4 is 0 Å². The number of ether oxygens (including phenoxy) is 1. The molecule has 15 heavy (non-hydrogen) atoms. The van der Waals surface area contributed by atoms with Gasteiger partial charge in [0.2, 0.25) is 0 Å². The highest BCUT2D eigenvalue weighted by atomic mass is 16.5. The highest BCUT2D eigenvalue weighted by Gasteiger charge is 2.04. The van der Waals surface area contributed by atoms with Gasteiger partial charge in [0, 0.05) is 6.61 Å². The van der Waals surface area contributed by atoms with Gasteiger partial charge in [0.05, 0.1) is 6.61 Å². The maximum atomic E-state index is 5.73. The Balaban J connectivity index is 2.20. The van der Waals surface area contributed by atoms with E-state index in [1.165, 1.54) is 24.8 Å². The molecule has 1 atom stereocenters. The second-order valence-electron chi connectivity index (χ2n) is 4.06. The number of hydrogen-bond acceptors (Lipinski definition) is 1. The normalized spacial score (nSPS) is 12.7. The van der Waals surface area contributed by atoms with Crippen molar-refractivity contribution in [1.29, 1.82) is 0 Å². The lowest BCUT2D eigenvalue weighted by molar-refractivity contribution is 0.0825. The highest BCUT2D eigenvalue weighted by molar-refractivity contribution is 5.13. The minimum absolute atomic E-state index is 0.735. The zero-order valence-electron chi connectivity index (χ0n) is 9.91. The van der Waals surface area contributed by atoms with Crippen molar-refractivity contribution in [3.05, 3.63) is 35.9 Å². The standard InChI is InChI=1S/C14H22O/c1-3-8-13(4-2)11-15-12-14-9-6-5-7-10-14/h5-7,9-10,13H,3-4,8,11-12H2,1-2H3/t13-/m1/s1. The fourth-order valence-corrected chi connectivity index (χ4v) is 1.73. The molecule has 0 spiro atoms. The van der Waals surface area contributed by atoms with E-state index in [0.29, 0.717) is 0 Å². The van der Waals surface area contributed by atoms with Crippen LogP contribution in [0.25, 0.3) is 0 Å². The first-order valence-electron chi connectivity index (χ1n) is 5.98. The van der Waals surface area contributed by atoms with Gasteiger partial charge in [0.25, 0.3) is 0 Å². The van der Waals surface area contributed by atoms with Crippen LogP contribution in [-0.2, 0) is 11.3 Å². The maximum Gasteiger partial charge on any atom is 0.0717 e. The first-order chi connectivity index (χ1) is 7.36. The Kier molecular flexibility index (Phi) is 6.10. The third-order valence-electron chi connectivity index (χ3n) is 2.74. The highest BCUT2D eigenvalue weighted by Crippen LogP contribution is 2.12. The summed E-state index contributed by atoms with van der Waals surface area (Å²) in [5.74, 6) is 0.735. The molecule has 0 aliphatic rings. The molecule has 1 aromatic carbocycles. The molecule has 0 saturated heterocycles. The molecular weight excluding hydrogens is 184 g/mol. The van der Waals surface area contributed by atoms with Crippen molar-refractivity contribution in [2.24, 2.45) is 5.92 Å². The van der Waals surface area contributed by atoms with Crippen molar-refractivity contribution in [3.63, 3.8) is 0 Å². The van der Waals surface area contributed by atoms with E-state index in [9.17, 15) is 0 Å². The molecule has 0 N–H and O–H groups in total. The molecule has 0 bridgehead atoms. The number of hydrogen-bond donors (Lipinski definition) is 0. The molecule has 0 aromatic heterocycles. The van der Waals surface area contributed by atoms with Gasteiger partial charge in [0.15, 0.2) is 0 Å². The average molecular weight is 206 g/mol. The summed E-state index contributed by atoms with van der Waals surface area (Å²) in [5, 5.41) is 0. The van der Waals surface area contributed by atoms with E-state index < -0.39 is 0 Å². The van der Waals surface area contributed by atoms with E-state index in [1.807, 2.05) is 6.07 Å². The predicted molar refractivity (Wildman–Crippen MR) is 64.8 cm³/mol. The molecule has 0 radical (unpaired) electrons. The minimum Gasteiger partial charge on any atom is -0.376 e. The van der Waals surface area contributed by atoms with Gasteiger partial charge >= 0.3 is 0 Å². The first kappa shape index (κ1) is 12.3. The summed E-state index contributed by atoms with van der Waals surface area (Å²) in [6.45, 7) is 6.13. The Morgan fingerprint density at radius 3 is 2.47 bits per heavy atom. The molecule has 0 unspecified atom stereocenters. The Morgan fingerprint density at radius 2 is 1.87 bits per heavy atom. The van der Waals surface area contributed by atoms with Gasteiger partial charge in [-0.3, -0.25) is 0 Å². The fourth-order valence-electron chi connectivity index (χ4n) is 1.73. The smallest absolute Gasteiger partial charge is 0.0717 e. The first-order valence-corrected chi connectivity index (χ1v) is 5.98. The Bertz CT molecular complexity index is 243. The Hall–Kier alpha value is -0.820. The molecule has 0 aliphatic carbocycles. The van der Waals surface area contributed by atoms with Gasteiger partial charge in [-0.1, -0.05) is 57.0 Å². The molecular formula is C14H22O. The summed E-state index contributed by atoms with van der Waals surface area (Å²) in [7, 11) is 0. The Labute approximate surface area is 93.5 Å². The summed E-state index contributed by atoms with van der Waals surface area (Å²) in [6, 6.07) is 10.4. The van der Waals surface area contributed by atoms with Crippen LogP contribution in [0.3, 0.4) is 0 Å². The van der Waals surface area contributed by atoms with Crippen LogP contribution in [0.15, 0.2) is 30.3 Å². The largest absolute Gasteiger partial charge is 0.376 e. The van der Waals surface area contributed by atoms with Crippen LogP contribution in [0, 0.1) is 5.92 Å². The summed E-state index contributed by atoms with van der Waals surface area (Å²) in [4.78, 5) is 0. The van der Waals surface area contributed by atoms with Crippen molar-refractivity contribution >= 4 is 0 Å². The average Bonchev–Trinajstić information content (AvgIpc) is 2.29. The van der Waals surface area contributed by atoms with Gasteiger partial charge < -0.3 is 4.74 Å². The van der Waals surface area contributed by atoms with Gasteiger partial charge in [-0.05, 0) is 17.9 Å². The SMILES string of the molecule is CCC[C@@H](CC)COCc1ccccc1. The summed E-state index contributed by atoms with van der Waals surface area (Å²) >= 11 is 0. The predicted octanol–water partition coefficient (Wildman–Crippen LogP) is 4.03. The van der Waals surface area contributed by atoms with Crippen molar-refractivity contribution in [2.75, 3.05) is 6.61 Å². The van der Waals surface area contributed by atoms with Crippen LogP contribution in [0.4, 0.5) is 0 Å². The van der Waals surface area contributed by atoms with Gasteiger partial charge in [-0.15, -0.1) is 0 Å². The van der Waals surface area contributed by atoms with E-state index in [1.54, 1.807) is 0 Å². The van der Waals surface area contributed by atoms with Crippen LogP contribution in [0.5, 0.6) is 0 Å². The monoisotopic (exact) mass is 206 g/mol.